The summed E-state index contributed by atoms with van der Waals surface area (Å²) in [4.78, 5) is 14.6. The molecule has 0 spiro atoms. The molecule has 9 heteroatoms. The van der Waals surface area contributed by atoms with Crippen molar-refractivity contribution in [1.29, 1.82) is 5.26 Å². The van der Waals surface area contributed by atoms with Crippen LogP contribution in [-0.2, 0) is 17.9 Å². The van der Waals surface area contributed by atoms with Gasteiger partial charge in [-0.25, -0.2) is 0 Å². The van der Waals surface area contributed by atoms with E-state index in [2.05, 4.69) is 27.8 Å². The third-order valence-electron chi connectivity index (χ3n) is 5.15. The first kappa shape index (κ1) is 24.9. The Bertz CT molecular complexity index is 1040. The van der Waals surface area contributed by atoms with Crippen LogP contribution in [0, 0.1) is 11.3 Å². The van der Waals surface area contributed by atoms with Crippen LogP contribution in [0.2, 0.25) is 5.02 Å². The van der Waals surface area contributed by atoms with Gasteiger partial charge in [-0.05, 0) is 42.8 Å². The first-order valence-electron chi connectivity index (χ1n) is 11.1. The Morgan fingerprint density at radius 1 is 1.21 bits per heavy atom. The zero-order valence-electron chi connectivity index (χ0n) is 18.7. The Balaban J connectivity index is 1.73. The number of hydrogen-bond acceptors (Lipinski definition) is 6. The Morgan fingerprint density at radius 3 is 2.73 bits per heavy atom. The number of nitriles is 1. The fraction of sp³-hybridized carbons (Fsp3) is 0.417. The summed E-state index contributed by atoms with van der Waals surface area (Å²) >= 11 is 7.42. The molecular weight excluding hydrogens is 458 g/mol. The lowest BCUT2D eigenvalue weighted by Crippen LogP contribution is -2.32. The van der Waals surface area contributed by atoms with E-state index in [9.17, 15) is 4.79 Å². The molecule has 3 aromatic rings. The van der Waals surface area contributed by atoms with Gasteiger partial charge < -0.3 is 13.9 Å². The number of furan rings is 1. The lowest BCUT2D eigenvalue weighted by Gasteiger charge is -2.20. The van der Waals surface area contributed by atoms with Gasteiger partial charge in [-0.2, -0.15) is 5.26 Å². The number of benzene rings is 1. The van der Waals surface area contributed by atoms with Crippen LogP contribution in [0.3, 0.4) is 0 Å². The highest BCUT2D eigenvalue weighted by Crippen LogP contribution is 2.26. The number of halogens is 1. The monoisotopic (exact) mass is 485 g/mol. The number of amides is 1. The highest BCUT2D eigenvalue weighted by molar-refractivity contribution is 7.99. The molecule has 0 N–H and O–H groups in total. The van der Waals surface area contributed by atoms with E-state index >= 15 is 0 Å². The van der Waals surface area contributed by atoms with E-state index < -0.39 is 0 Å². The van der Waals surface area contributed by atoms with E-state index in [0.717, 1.165) is 37.2 Å². The molecule has 2 heterocycles. The van der Waals surface area contributed by atoms with Gasteiger partial charge in [0.1, 0.15) is 5.76 Å². The van der Waals surface area contributed by atoms with Crippen molar-refractivity contribution in [3.8, 4) is 17.5 Å². The van der Waals surface area contributed by atoms with Gasteiger partial charge in [0.15, 0.2) is 11.0 Å². The van der Waals surface area contributed by atoms with Gasteiger partial charge in [0.25, 0.3) is 0 Å². The predicted molar refractivity (Wildman–Crippen MR) is 130 cm³/mol. The van der Waals surface area contributed by atoms with Gasteiger partial charge in [-0.3, -0.25) is 4.79 Å². The zero-order chi connectivity index (χ0) is 23.5. The molecule has 0 saturated heterocycles. The maximum Gasteiger partial charge on any atom is 0.233 e. The van der Waals surface area contributed by atoms with E-state index in [-0.39, 0.29) is 18.1 Å². The molecule has 0 aliphatic rings. The number of unbranched alkanes of at least 4 members (excludes halogenated alkanes) is 3. The second kappa shape index (κ2) is 13.1. The first-order chi connectivity index (χ1) is 16.1. The van der Waals surface area contributed by atoms with Crippen molar-refractivity contribution in [2.24, 2.45) is 0 Å². The molecule has 0 fully saturated rings. The summed E-state index contributed by atoms with van der Waals surface area (Å²) in [6.45, 7) is 3.67. The smallest absolute Gasteiger partial charge is 0.233 e. The molecule has 0 bridgehead atoms. The second-order valence-corrected chi connectivity index (χ2v) is 9.00. The van der Waals surface area contributed by atoms with Crippen LogP contribution in [0.4, 0.5) is 0 Å². The molecule has 1 amide bonds. The summed E-state index contributed by atoms with van der Waals surface area (Å²) in [6, 6.07) is 13.3. The minimum absolute atomic E-state index is 0.0692. The van der Waals surface area contributed by atoms with Crippen LogP contribution >= 0.6 is 23.4 Å². The molecule has 0 atom stereocenters. The summed E-state index contributed by atoms with van der Waals surface area (Å²) in [5.74, 6) is 1.60. The number of aromatic nitrogens is 3. The SMILES string of the molecule is CCCCCCn1c(SCC(=O)N(CCC#N)Cc2ccco2)nnc1-c1ccc(Cl)cc1. The maximum absolute atomic E-state index is 13.0. The standard InChI is InChI=1S/C24H28ClN5O2S/c1-2-3-4-5-15-30-23(19-9-11-20(25)12-10-19)27-28-24(30)33-18-22(31)29(14-7-13-26)17-21-8-6-16-32-21/h6,8-12,16H,2-5,7,14-15,17-18H2,1H3. The molecule has 0 radical (unpaired) electrons. The quantitative estimate of drug-likeness (QED) is 0.224. The number of nitrogens with zero attached hydrogens (tertiary/aromatic N) is 5. The molecule has 33 heavy (non-hydrogen) atoms. The molecule has 7 nitrogen and oxygen atoms in total. The third kappa shape index (κ3) is 7.37. The number of carbonyl (C=O) groups is 1. The normalized spacial score (nSPS) is 10.8. The third-order valence-corrected chi connectivity index (χ3v) is 6.36. The van der Waals surface area contributed by atoms with E-state index in [0.29, 0.717) is 29.0 Å². The van der Waals surface area contributed by atoms with Gasteiger partial charge in [0, 0.05) is 23.7 Å². The van der Waals surface area contributed by atoms with Gasteiger partial charge in [-0.1, -0.05) is 49.5 Å². The van der Waals surface area contributed by atoms with Crippen LogP contribution in [-0.4, -0.2) is 37.9 Å². The van der Waals surface area contributed by atoms with Gasteiger partial charge >= 0.3 is 0 Å². The van der Waals surface area contributed by atoms with E-state index in [1.807, 2.05) is 30.3 Å². The van der Waals surface area contributed by atoms with Crippen LogP contribution in [0.25, 0.3) is 11.4 Å². The minimum Gasteiger partial charge on any atom is -0.467 e. The molecule has 0 aliphatic carbocycles. The number of carbonyl (C=O) groups excluding carboxylic acids is 1. The van der Waals surface area contributed by atoms with Gasteiger partial charge in [-0.15, -0.1) is 10.2 Å². The van der Waals surface area contributed by atoms with Crippen molar-refractivity contribution in [3.05, 3.63) is 53.4 Å². The Kier molecular flexibility index (Phi) is 9.85. The number of rotatable bonds is 13. The Morgan fingerprint density at radius 2 is 2.03 bits per heavy atom. The van der Waals surface area contributed by atoms with Crippen molar-refractivity contribution < 1.29 is 9.21 Å². The molecule has 0 aliphatic heterocycles. The highest BCUT2D eigenvalue weighted by atomic mass is 35.5. The highest BCUT2D eigenvalue weighted by Gasteiger charge is 2.19. The van der Waals surface area contributed by atoms with E-state index in [4.69, 9.17) is 21.3 Å². The summed E-state index contributed by atoms with van der Waals surface area (Å²) in [5.41, 5.74) is 0.939. The van der Waals surface area contributed by atoms with Crippen LogP contribution in [0.15, 0.2) is 52.2 Å². The van der Waals surface area contributed by atoms with Crippen LogP contribution < -0.4 is 0 Å². The lowest BCUT2D eigenvalue weighted by molar-refractivity contribution is -0.129. The molecule has 0 unspecified atom stereocenters. The molecular formula is C24H28ClN5O2S. The summed E-state index contributed by atoms with van der Waals surface area (Å²) in [5, 5.41) is 19.1. The molecule has 3 rings (SSSR count). The average molecular weight is 486 g/mol. The summed E-state index contributed by atoms with van der Waals surface area (Å²) < 4.78 is 7.47. The van der Waals surface area contributed by atoms with E-state index in [1.165, 1.54) is 18.2 Å². The zero-order valence-corrected chi connectivity index (χ0v) is 20.3. The van der Waals surface area contributed by atoms with Crippen molar-refractivity contribution in [1.82, 2.24) is 19.7 Å². The molecule has 174 valence electrons. The van der Waals surface area contributed by atoms with E-state index in [1.54, 1.807) is 17.2 Å². The molecule has 2 aromatic heterocycles. The van der Waals surface area contributed by atoms with Crippen molar-refractivity contribution in [2.45, 2.75) is 57.3 Å². The second-order valence-electron chi connectivity index (χ2n) is 7.62. The number of hydrogen-bond donors (Lipinski definition) is 0. The van der Waals surface area contributed by atoms with Crippen molar-refractivity contribution >= 4 is 29.3 Å². The lowest BCUT2D eigenvalue weighted by atomic mass is 10.2. The molecule has 0 saturated carbocycles. The Labute approximate surface area is 203 Å². The summed E-state index contributed by atoms with van der Waals surface area (Å²) in [6.07, 6.45) is 6.34. The predicted octanol–water partition coefficient (Wildman–Crippen LogP) is 5.81. The maximum atomic E-state index is 13.0. The molecule has 1 aromatic carbocycles. The largest absolute Gasteiger partial charge is 0.467 e. The van der Waals surface area contributed by atoms with Crippen molar-refractivity contribution in [2.75, 3.05) is 12.3 Å². The Hall–Kier alpha value is -2.76. The fourth-order valence-electron chi connectivity index (χ4n) is 3.39. The van der Waals surface area contributed by atoms with Crippen LogP contribution in [0.5, 0.6) is 0 Å². The number of thioether (sulfide) groups is 1. The van der Waals surface area contributed by atoms with Gasteiger partial charge in [0.05, 0.1) is 31.1 Å². The minimum atomic E-state index is -0.0692. The van der Waals surface area contributed by atoms with Crippen molar-refractivity contribution in [3.63, 3.8) is 0 Å². The first-order valence-corrected chi connectivity index (χ1v) is 12.5. The van der Waals surface area contributed by atoms with Crippen LogP contribution in [0.1, 0.15) is 44.8 Å². The summed E-state index contributed by atoms with van der Waals surface area (Å²) in [7, 11) is 0. The average Bonchev–Trinajstić information content (AvgIpc) is 3.48. The topological polar surface area (TPSA) is 88.0 Å². The fourth-order valence-corrected chi connectivity index (χ4v) is 4.38. The van der Waals surface area contributed by atoms with Gasteiger partial charge in [0.2, 0.25) is 5.91 Å².